The summed E-state index contributed by atoms with van der Waals surface area (Å²) in [6.45, 7) is 0. The van der Waals surface area contributed by atoms with Crippen molar-refractivity contribution < 1.29 is 28.7 Å². The Morgan fingerprint density at radius 1 is 0.941 bits per heavy atom. The summed E-state index contributed by atoms with van der Waals surface area (Å²) in [7, 11) is -10.0. The molecule has 0 aliphatic carbocycles. The summed E-state index contributed by atoms with van der Waals surface area (Å²) in [6.07, 6.45) is 0. The third kappa shape index (κ3) is 3.78. The maximum atomic E-state index is 11.1. The first-order valence-corrected chi connectivity index (χ1v) is 8.21. The lowest BCUT2D eigenvalue weighted by Gasteiger charge is -2.20. The van der Waals surface area contributed by atoms with Crippen molar-refractivity contribution in [3.05, 3.63) is 33.8 Å². The molecular formula is C7H8Cl2O6P2. The molecule has 6 nitrogen and oxygen atoms in total. The fourth-order valence-electron chi connectivity index (χ4n) is 1.26. The third-order valence-electron chi connectivity index (χ3n) is 1.88. The highest BCUT2D eigenvalue weighted by Crippen LogP contribution is 2.69. The molecule has 0 radical (unpaired) electrons. The molecule has 1 aromatic rings. The van der Waals surface area contributed by atoms with Crippen molar-refractivity contribution in [2.75, 3.05) is 0 Å². The lowest BCUT2D eigenvalue weighted by atomic mass is 10.2. The first kappa shape index (κ1) is 15.2. The second-order valence-corrected chi connectivity index (χ2v) is 7.84. The molecule has 0 atom stereocenters. The zero-order valence-corrected chi connectivity index (χ0v) is 11.4. The molecule has 1 aromatic carbocycles. The van der Waals surface area contributed by atoms with Crippen LogP contribution in [0.3, 0.4) is 0 Å². The third-order valence-corrected chi connectivity index (χ3v) is 6.29. The summed E-state index contributed by atoms with van der Waals surface area (Å²) < 4.78 is 22.2. The number of rotatable bonds is 3. The highest BCUT2D eigenvalue weighted by Gasteiger charge is 2.44. The number of hydrogen-bond donors (Lipinski definition) is 4. The Hall–Kier alpha value is 0.1000. The second-order valence-electron chi connectivity index (χ2n) is 3.23. The molecule has 0 unspecified atom stereocenters. The van der Waals surface area contributed by atoms with Crippen LogP contribution < -0.4 is 0 Å². The fourth-order valence-corrected chi connectivity index (χ4v) is 4.23. The van der Waals surface area contributed by atoms with Gasteiger partial charge in [0.25, 0.3) is 0 Å². The quantitative estimate of drug-likeness (QED) is 0.635. The maximum Gasteiger partial charge on any atom is 0.345 e. The molecule has 0 aliphatic heterocycles. The minimum Gasteiger partial charge on any atom is -0.324 e. The van der Waals surface area contributed by atoms with E-state index in [1.807, 2.05) is 0 Å². The highest BCUT2D eigenvalue weighted by atomic mass is 35.5. The van der Waals surface area contributed by atoms with Gasteiger partial charge in [-0.15, -0.1) is 0 Å². The van der Waals surface area contributed by atoms with Gasteiger partial charge in [-0.2, -0.15) is 0 Å². The van der Waals surface area contributed by atoms with Gasteiger partial charge in [-0.05, 0) is 17.7 Å². The van der Waals surface area contributed by atoms with Crippen molar-refractivity contribution in [2.24, 2.45) is 0 Å². The van der Waals surface area contributed by atoms with Crippen LogP contribution in [0, 0.1) is 0 Å². The molecule has 0 bridgehead atoms. The predicted octanol–water partition coefficient (Wildman–Crippen LogP) is 2.35. The zero-order chi connectivity index (χ0) is 13.4. The smallest absolute Gasteiger partial charge is 0.324 e. The molecule has 0 aliphatic rings. The fraction of sp³-hybridized carbons (Fsp3) is 0.143. The molecule has 0 saturated heterocycles. The van der Waals surface area contributed by atoms with E-state index >= 15 is 0 Å². The zero-order valence-electron chi connectivity index (χ0n) is 8.07. The summed E-state index contributed by atoms with van der Waals surface area (Å²) >= 11 is 11.2. The normalized spacial score (nSPS) is 13.1. The van der Waals surface area contributed by atoms with Gasteiger partial charge in [0.05, 0.1) is 10.0 Å². The van der Waals surface area contributed by atoms with E-state index in [2.05, 4.69) is 0 Å². The van der Waals surface area contributed by atoms with Crippen molar-refractivity contribution >= 4 is 38.4 Å². The van der Waals surface area contributed by atoms with Crippen LogP contribution in [-0.4, -0.2) is 19.6 Å². The van der Waals surface area contributed by atoms with Gasteiger partial charge in [-0.25, -0.2) is 0 Å². The van der Waals surface area contributed by atoms with E-state index < -0.39 is 20.6 Å². The van der Waals surface area contributed by atoms with Crippen molar-refractivity contribution in [1.82, 2.24) is 0 Å². The van der Waals surface area contributed by atoms with E-state index in [1.165, 1.54) is 6.07 Å². The average molecular weight is 321 g/mol. The van der Waals surface area contributed by atoms with Crippen LogP contribution in [-0.2, 0) is 9.13 Å². The summed E-state index contributed by atoms with van der Waals surface area (Å²) in [6, 6.07) is 3.33. The molecular weight excluding hydrogens is 313 g/mol. The minimum absolute atomic E-state index is 0.0453. The van der Waals surface area contributed by atoms with Crippen LogP contribution in [0.15, 0.2) is 18.2 Å². The Labute approximate surface area is 107 Å². The van der Waals surface area contributed by atoms with Crippen molar-refractivity contribution in [2.45, 2.75) is 5.40 Å². The van der Waals surface area contributed by atoms with Crippen molar-refractivity contribution in [3.8, 4) is 0 Å². The summed E-state index contributed by atoms with van der Waals surface area (Å²) in [5.41, 5.74) is -0.263. The molecule has 17 heavy (non-hydrogen) atoms. The molecule has 4 N–H and O–H groups in total. The van der Waals surface area contributed by atoms with Gasteiger partial charge in [-0.1, -0.05) is 29.3 Å². The lowest BCUT2D eigenvalue weighted by molar-refractivity contribution is 0.340. The van der Waals surface area contributed by atoms with Gasteiger partial charge < -0.3 is 19.6 Å². The van der Waals surface area contributed by atoms with Crippen molar-refractivity contribution in [3.63, 3.8) is 0 Å². The lowest BCUT2D eigenvalue weighted by Crippen LogP contribution is -2.01. The van der Waals surface area contributed by atoms with E-state index in [1.54, 1.807) is 0 Å². The van der Waals surface area contributed by atoms with Crippen LogP contribution in [0.2, 0.25) is 10.0 Å². The van der Waals surface area contributed by atoms with Gasteiger partial charge >= 0.3 is 15.2 Å². The maximum absolute atomic E-state index is 11.1. The van der Waals surface area contributed by atoms with Crippen LogP contribution >= 0.6 is 38.4 Å². The van der Waals surface area contributed by atoms with E-state index in [0.29, 0.717) is 0 Å². The summed E-state index contributed by atoms with van der Waals surface area (Å²) in [4.78, 5) is 35.9. The first-order valence-electron chi connectivity index (χ1n) is 4.09. The molecule has 0 fully saturated rings. The SMILES string of the molecule is O=P(O)(O)C(c1ccc(Cl)c(Cl)c1)P(=O)(O)O. The number of hydrogen-bond acceptors (Lipinski definition) is 2. The van der Waals surface area contributed by atoms with E-state index in [0.717, 1.165) is 12.1 Å². The second kappa shape index (κ2) is 5.00. The predicted molar refractivity (Wildman–Crippen MR) is 63.3 cm³/mol. The topological polar surface area (TPSA) is 115 Å². The standard InChI is InChI=1S/C7H8Cl2O6P2/c8-5-2-1-4(3-6(5)9)7(16(10,11)12)17(13,14)15/h1-3,7H,(H2,10,11,12)(H2,13,14,15). The first-order chi connectivity index (χ1) is 7.53. The summed E-state index contributed by atoms with van der Waals surface area (Å²) in [5.74, 6) is 0. The van der Waals surface area contributed by atoms with Crippen LogP contribution in [0.5, 0.6) is 0 Å². The Morgan fingerprint density at radius 2 is 1.41 bits per heavy atom. The van der Waals surface area contributed by atoms with E-state index in [9.17, 15) is 9.13 Å². The molecule has 0 amide bonds. The Bertz CT molecular complexity index is 499. The average Bonchev–Trinajstić information content (AvgIpc) is 2.06. The number of benzene rings is 1. The largest absolute Gasteiger partial charge is 0.345 e. The van der Waals surface area contributed by atoms with E-state index in [4.69, 9.17) is 42.8 Å². The highest BCUT2D eigenvalue weighted by molar-refractivity contribution is 7.70. The van der Waals surface area contributed by atoms with Gasteiger partial charge in [0.1, 0.15) is 0 Å². The van der Waals surface area contributed by atoms with Crippen LogP contribution in [0.1, 0.15) is 11.0 Å². The Morgan fingerprint density at radius 3 is 1.76 bits per heavy atom. The van der Waals surface area contributed by atoms with Gasteiger partial charge in [0.15, 0.2) is 5.40 Å². The van der Waals surface area contributed by atoms with Crippen molar-refractivity contribution in [1.29, 1.82) is 0 Å². The molecule has 10 heteroatoms. The Kier molecular flexibility index (Phi) is 4.46. The Balaban J connectivity index is 3.39. The van der Waals surface area contributed by atoms with Gasteiger partial charge in [0, 0.05) is 0 Å². The molecule has 0 aromatic heterocycles. The number of halogens is 2. The molecule has 0 spiro atoms. The van der Waals surface area contributed by atoms with Gasteiger partial charge in [-0.3, -0.25) is 9.13 Å². The van der Waals surface area contributed by atoms with E-state index in [-0.39, 0.29) is 15.6 Å². The monoisotopic (exact) mass is 320 g/mol. The molecule has 0 saturated carbocycles. The summed E-state index contributed by atoms with van der Waals surface area (Å²) in [5, 5.41) is -2.16. The molecule has 96 valence electrons. The van der Waals surface area contributed by atoms with Crippen LogP contribution in [0.25, 0.3) is 0 Å². The minimum atomic E-state index is -5.02. The van der Waals surface area contributed by atoms with Gasteiger partial charge in [0.2, 0.25) is 0 Å². The van der Waals surface area contributed by atoms with Crippen LogP contribution in [0.4, 0.5) is 0 Å². The molecule has 0 heterocycles. The molecule has 1 rings (SSSR count).